The fraction of sp³-hybridized carbons (Fsp3) is 0.846. The van der Waals surface area contributed by atoms with Crippen LogP contribution >= 0.6 is 0 Å². The Kier molecular flexibility index (Phi) is 3.63. The van der Waals surface area contributed by atoms with Gasteiger partial charge in [-0.3, -0.25) is 0 Å². The summed E-state index contributed by atoms with van der Waals surface area (Å²) >= 11 is 0. The number of fused-ring (bicyclic) bond motifs is 2. The lowest BCUT2D eigenvalue weighted by molar-refractivity contribution is 0.412. The van der Waals surface area contributed by atoms with Gasteiger partial charge in [0.05, 0.1) is 0 Å². The Morgan fingerprint density at radius 3 is 2.79 bits per heavy atom. The van der Waals surface area contributed by atoms with Crippen molar-refractivity contribution in [2.24, 2.45) is 17.8 Å². The molecular formula is C13H23N. The Balaban J connectivity index is 1.56. The van der Waals surface area contributed by atoms with Crippen LogP contribution in [0.5, 0.6) is 0 Å². The molecule has 1 saturated carbocycles. The highest BCUT2D eigenvalue weighted by Crippen LogP contribution is 2.42. The third kappa shape index (κ3) is 2.38. The van der Waals surface area contributed by atoms with Crippen LogP contribution in [0.15, 0.2) is 12.2 Å². The smallest absolute Gasteiger partial charge is 0.00147 e. The molecule has 0 aromatic rings. The summed E-state index contributed by atoms with van der Waals surface area (Å²) in [5.41, 5.74) is 0. The molecule has 3 unspecified atom stereocenters. The molecule has 1 heteroatoms. The molecule has 2 bridgehead atoms. The SMILES string of the molecule is CCCCCNCC1CC2C=CC1C2. The average molecular weight is 193 g/mol. The van der Waals surface area contributed by atoms with Crippen LogP contribution < -0.4 is 5.32 Å². The molecule has 3 atom stereocenters. The Bertz CT molecular complexity index is 197. The summed E-state index contributed by atoms with van der Waals surface area (Å²) < 4.78 is 0. The molecule has 14 heavy (non-hydrogen) atoms. The number of unbranched alkanes of at least 4 members (excludes halogenated alkanes) is 2. The highest BCUT2D eigenvalue weighted by atomic mass is 14.9. The first-order valence-corrected chi connectivity index (χ1v) is 6.29. The Labute approximate surface area is 88.0 Å². The predicted octanol–water partition coefficient (Wildman–Crippen LogP) is 2.98. The van der Waals surface area contributed by atoms with Gasteiger partial charge in [-0.2, -0.15) is 0 Å². The second-order valence-corrected chi connectivity index (χ2v) is 4.95. The summed E-state index contributed by atoms with van der Waals surface area (Å²) in [7, 11) is 0. The van der Waals surface area contributed by atoms with Crippen LogP contribution in [0.1, 0.15) is 39.0 Å². The van der Waals surface area contributed by atoms with E-state index in [4.69, 9.17) is 0 Å². The van der Waals surface area contributed by atoms with E-state index in [0.29, 0.717) is 0 Å². The van der Waals surface area contributed by atoms with E-state index >= 15 is 0 Å². The second kappa shape index (κ2) is 4.97. The maximum atomic E-state index is 3.61. The van der Waals surface area contributed by atoms with E-state index in [1.807, 2.05) is 0 Å². The maximum Gasteiger partial charge on any atom is -0.00147 e. The van der Waals surface area contributed by atoms with Gasteiger partial charge >= 0.3 is 0 Å². The minimum absolute atomic E-state index is 0.915. The molecule has 2 rings (SSSR count). The van der Waals surface area contributed by atoms with Crippen LogP contribution in [0.4, 0.5) is 0 Å². The quantitative estimate of drug-likeness (QED) is 0.505. The van der Waals surface area contributed by atoms with Crippen LogP contribution in [0.25, 0.3) is 0 Å². The van der Waals surface area contributed by atoms with Crippen molar-refractivity contribution >= 4 is 0 Å². The molecule has 0 aliphatic heterocycles. The molecule has 0 saturated heterocycles. The van der Waals surface area contributed by atoms with Gasteiger partial charge in [0.2, 0.25) is 0 Å². The van der Waals surface area contributed by atoms with E-state index in [2.05, 4.69) is 24.4 Å². The number of hydrogen-bond donors (Lipinski definition) is 1. The van der Waals surface area contributed by atoms with Crippen LogP contribution in [-0.4, -0.2) is 13.1 Å². The van der Waals surface area contributed by atoms with Gasteiger partial charge in [0.15, 0.2) is 0 Å². The molecule has 1 N–H and O–H groups in total. The van der Waals surface area contributed by atoms with E-state index in [1.54, 1.807) is 0 Å². The van der Waals surface area contributed by atoms with Crippen molar-refractivity contribution < 1.29 is 0 Å². The van der Waals surface area contributed by atoms with Gasteiger partial charge in [-0.05, 0) is 50.1 Å². The lowest BCUT2D eigenvalue weighted by atomic mass is 9.93. The van der Waals surface area contributed by atoms with Crippen LogP contribution in [0.2, 0.25) is 0 Å². The van der Waals surface area contributed by atoms with Crippen molar-refractivity contribution in [3.63, 3.8) is 0 Å². The largest absolute Gasteiger partial charge is 0.316 e. The first kappa shape index (κ1) is 10.2. The second-order valence-electron chi connectivity index (χ2n) is 4.95. The van der Waals surface area contributed by atoms with Gasteiger partial charge in [-0.1, -0.05) is 31.9 Å². The zero-order chi connectivity index (χ0) is 9.80. The average Bonchev–Trinajstić information content (AvgIpc) is 2.79. The summed E-state index contributed by atoms with van der Waals surface area (Å²) in [4.78, 5) is 0. The maximum absolute atomic E-state index is 3.61. The lowest BCUT2D eigenvalue weighted by Gasteiger charge is -2.18. The molecule has 0 heterocycles. The van der Waals surface area contributed by atoms with E-state index in [-0.39, 0.29) is 0 Å². The first-order valence-electron chi connectivity index (χ1n) is 6.29. The van der Waals surface area contributed by atoms with E-state index < -0.39 is 0 Å². The first-order chi connectivity index (χ1) is 6.90. The van der Waals surface area contributed by atoms with E-state index in [9.17, 15) is 0 Å². The summed E-state index contributed by atoms with van der Waals surface area (Å²) in [5, 5.41) is 3.61. The standard InChI is InChI=1S/C13H23N/c1-2-3-4-7-14-10-13-9-11-5-6-12(13)8-11/h5-6,11-14H,2-4,7-10H2,1H3. The van der Waals surface area contributed by atoms with Crippen molar-refractivity contribution in [2.75, 3.05) is 13.1 Å². The Hall–Kier alpha value is -0.300. The van der Waals surface area contributed by atoms with E-state index in [0.717, 1.165) is 17.8 Å². The molecule has 0 amide bonds. The Morgan fingerprint density at radius 2 is 2.14 bits per heavy atom. The molecule has 80 valence electrons. The van der Waals surface area contributed by atoms with Crippen LogP contribution in [0, 0.1) is 17.8 Å². The summed E-state index contributed by atoms with van der Waals surface area (Å²) in [6.45, 7) is 4.75. The van der Waals surface area contributed by atoms with Crippen molar-refractivity contribution in [1.29, 1.82) is 0 Å². The van der Waals surface area contributed by atoms with Crippen molar-refractivity contribution in [3.05, 3.63) is 12.2 Å². The fourth-order valence-electron chi connectivity index (χ4n) is 2.92. The minimum Gasteiger partial charge on any atom is -0.316 e. The molecule has 0 spiro atoms. The summed E-state index contributed by atoms with van der Waals surface area (Å²) in [6, 6.07) is 0. The third-order valence-electron chi connectivity index (χ3n) is 3.78. The van der Waals surface area contributed by atoms with Crippen molar-refractivity contribution in [1.82, 2.24) is 5.32 Å². The third-order valence-corrected chi connectivity index (χ3v) is 3.78. The zero-order valence-electron chi connectivity index (χ0n) is 9.34. The van der Waals surface area contributed by atoms with Crippen molar-refractivity contribution in [2.45, 2.75) is 39.0 Å². The summed E-state index contributed by atoms with van der Waals surface area (Å²) in [5.74, 6) is 2.80. The highest BCUT2D eigenvalue weighted by Gasteiger charge is 2.34. The van der Waals surface area contributed by atoms with Gasteiger partial charge < -0.3 is 5.32 Å². The molecule has 2 aliphatic carbocycles. The fourth-order valence-corrected chi connectivity index (χ4v) is 2.92. The van der Waals surface area contributed by atoms with Gasteiger partial charge in [-0.25, -0.2) is 0 Å². The van der Waals surface area contributed by atoms with Crippen LogP contribution in [0.3, 0.4) is 0 Å². The molecule has 2 aliphatic rings. The molecule has 0 aromatic heterocycles. The van der Waals surface area contributed by atoms with Gasteiger partial charge in [0, 0.05) is 0 Å². The molecular weight excluding hydrogens is 170 g/mol. The molecule has 0 radical (unpaired) electrons. The highest BCUT2D eigenvalue weighted by molar-refractivity contribution is 5.10. The number of nitrogens with one attached hydrogen (secondary N) is 1. The van der Waals surface area contributed by atoms with E-state index in [1.165, 1.54) is 45.2 Å². The molecule has 1 nitrogen and oxygen atoms in total. The number of hydrogen-bond acceptors (Lipinski definition) is 1. The Morgan fingerprint density at radius 1 is 1.21 bits per heavy atom. The normalized spacial score (nSPS) is 34.2. The summed E-state index contributed by atoms with van der Waals surface area (Å²) in [6.07, 6.45) is 11.8. The number of allylic oxidation sites excluding steroid dienone is 2. The van der Waals surface area contributed by atoms with Crippen molar-refractivity contribution in [3.8, 4) is 0 Å². The zero-order valence-corrected chi connectivity index (χ0v) is 9.34. The van der Waals surface area contributed by atoms with Gasteiger partial charge in [-0.15, -0.1) is 0 Å². The lowest BCUT2D eigenvalue weighted by Crippen LogP contribution is -2.26. The van der Waals surface area contributed by atoms with Crippen LogP contribution in [-0.2, 0) is 0 Å². The molecule has 1 fully saturated rings. The van der Waals surface area contributed by atoms with Gasteiger partial charge in [0.1, 0.15) is 0 Å². The van der Waals surface area contributed by atoms with Gasteiger partial charge in [0.25, 0.3) is 0 Å². The minimum atomic E-state index is 0.915. The predicted molar refractivity (Wildman–Crippen MR) is 61.2 cm³/mol. The molecule has 0 aromatic carbocycles. The monoisotopic (exact) mass is 193 g/mol. The topological polar surface area (TPSA) is 12.0 Å². The number of rotatable bonds is 6.